The second-order valence-corrected chi connectivity index (χ2v) is 10.3. The molecule has 7 nitrogen and oxygen atoms in total. The van der Waals surface area contributed by atoms with Gasteiger partial charge in [0, 0.05) is 37.6 Å². The normalized spacial score (nSPS) is 20.2. The first kappa shape index (κ1) is 24.5. The number of nitrogens with one attached hydrogen (secondary N) is 1. The highest BCUT2D eigenvalue weighted by molar-refractivity contribution is 7.89. The number of carbonyl (C=O) groups is 1. The summed E-state index contributed by atoms with van der Waals surface area (Å²) in [5.74, 6) is -0.920. The van der Waals surface area contributed by atoms with Crippen molar-refractivity contribution in [3.8, 4) is 0 Å². The summed E-state index contributed by atoms with van der Waals surface area (Å²) in [4.78, 5) is 14.6. The van der Waals surface area contributed by atoms with Crippen LogP contribution in [0.1, 0.15) is 18.4 Å². The third-order valence-electron chi connectivity index (χ3n) is 6.07. The fraction of sp³-hybridized carbons (Fsp3) is 0.435. The molecule has 0 aliphatic carbocycles. The van der Waals surface area contributed by atoms with E-state index >= 15 is 0 Å². The molecule has 0 aromatic heterocycles. The lowest BCUT2D eigenvalue weighted by molar-refractivity contribution is -0.137. The van der Waals surface area contributed by atoms with Crippen molar-refractivity contribution in [3.63, 3.8) is 0 Å². The van der Waals surface area contributed by atoms with Crippen LogP contribution in [0.2, 0.25) is 0 Å². The number of sulfonamides is 1. The standard InChI is InChI=1S/C23H26F3N3O4S/c24-23(25,26)18-4-1-5-21(15-18)34(31,32)29-10-2-3-17(16-29)22(30)27-19-6-8-20(9-7-19)28-11-13-33-14-12-28/h1,4-9,15,17H,2-3,10-14,16H2,(H,27,30)/t17-/m1/s1. The highest BCUT2D eigenvalue weighted by atomic mass is 32.2. The van der Waals surface area contributed by atoms with Crippen LogP contribution in [0.3, 0.4) is 0 Å². The number of hydrogen-bond donors (Lipinski definition) is 1. The molecule has 2 aliphatic rings. The molecular weight excluding hydrogens is 471 g/mol. The molecule has 0 radical (unpaired) electrons. The Morgan fingerprint density at radius 3 is 2.41 bits per heavy atom. The van der Waals surface area contributed by atoms with E-state index in [9.17, 15) is 26.4 Å². The van der Waals surface area contributed by atoms with Gasteiger partial charge in [-0.1, -0.05) is 6.07 Å². The molecule has 2 aliphatic heterocycles. The molecule has 184 valence electrons. The van der Waals surface area contributed by atoms with Gasteiger partial charge in [0.1, 0.15) is 0 Å². The van der Waals surface area contributed by atoms with Crippen molar-refractivity contribution >= 4 is 27.3 Å². The predicted molar refractivity (Wildman–Crippen MR) is 121 cm³/mol. The maximum Gasteiger partial charge on any atom is 0.416 e. The predicted octanol–water partition coefficient (Wildman–Crippen LogP) is 3.58. The van der Waals surface area contributed by atoms with Crippen LogP contribution in [0.5, 0.6) is 0 Å². The van der Waals surface area contributed by atoms with Gasteiger partial charge in [-0.2, -0.15) is 17.5 Å². The van der Waals surface area contributed by atoms with Gasteiger partial charge in [0.05, 0.1) is 29.6 Å². The van der Waals surface area contributed by atoms with Crippen molar-refractivity contribution < 1.29 is 31.1 Å². The minimum Gasteiger partial charge on any atom is -0.378 e. The number of hydrogen-bond acceptors (Lipinski definition) is 5. The molecule has 2 aromatic carbocycles. The molecule has 0 unspecified atom stereocenters. The number of ether oxygens (including phenoxy) is 1. The molecule has 1 amide bonds. The van der Waals surface area contributed by atoms with Crippen molar-refractivity contribution in [1.82, 2.24) is 4.31 Å². The lowest BCUT2D eigenvalue weighted by atomic mass is 9.98. The zero-order chi connectivity index (χ0) is 24.3. The number of rotatable bonds is 5. The molecule has 1 atom stereocenters. The Kier molecular flexibility index (Phi) is 7.15. The zero-order valence-electron chi connectivity index (χ0n) is 18.4. The Morgan fingerprint density at radius 1 is 1.03 bits per heavy atom. The van der Waals surface area contributed by atoms with Gasteiger partial charge in [-0.05, 0) is 55.3 Å². The number of carbonyl (C=O) groups excluding carboxylic acids is 1. The third-order valence-corrected chi connectivity index (χ3v) is 7.93. The van der Waals surface area contributed by atoms with Crippen LogP contribution in [-0.4, -0.2) is 58.0 Å². The van der Waals surface area contributed by atoms with E-state index < -0.39 is 32.6 Å². The van der Waals surface area contributed by atoms with Gasteiger partial charge in [0.2, 0.25) is 15.9 Å². The van der Waals surface area contributed by atoms with Crippen LogP contribution in [0.25, 0.3) is 0 Å². The van der Waals surface area contributed by atoms with Crippen molar-refractivity contribution in [1.29, 1.82) is 0 Å². The monoisotopic (exact) mass is 497 g/mol. The van der Waals surface area contributed by atoms with Crippen LogP contribution < -0.4 is 10.2 Å². The summed E-state index contributed by atoms with van der Waals surface area (Å²) in [6.07, 6.45) is -3.72. The Balaban J connectivity index is 1.41. The van der Waals surface area contributed by atoms with E-state index in [0.29, 0.717) is 37.8 Å². The van der Waals surface area contributed by atoms with Crippen LogP contribution in [0.4, 0.5) is 24.5 Å². The quantitative estimate of drug-likeness (QED) is 0.683. The molecule has 11 heteroatoms. The second-order valence-electron chi connectivity index (χ2n) is 8.36. The summed E-state index contributed by atoms with van der Waals surface area (Å²) in [5, 5.41) is 2.83. The van der Waals surface area contributed by atoms with E-state index in [2.05, 4.69) is 10.2 Å². The Bertz CT molecular complexity index is 1120. The van der Waals surface area contributed by atoms with Gasteiger partial charge in [0.25, 0.3) is 0 Å². The summed E-state index contributed by atoms with van der Waals surface area (Å²) < 4.78 is 71.5. The number of nitrogens with zero attached hydrogens (tertiary/aromatic N) is 2. The third kappa shape index (κ3) is 5.53. The zero-order valence-corrected chi connectivity index (χ0v) is 19.2. The van der Waals surface area contributed by atoms with Crippen molar-refractivity contribution in [2.24, 2.45) is 5.92 Å². The number of amides is 1. The molecular formula is C23H26F3N3O4S. The highest BCUT2D eigenvalue weighted by Gasteiger charge is 2.36. The van der Waals surface area contributed by atoms with Gasteiger partial charge in [-0.3, -0.25) is 4.79 Å². The van der Waals surface area contributed by atoms with Crippen LogP contribution in [-0.2, 0) is 25.7 Å². The summed E-state index contributed by atoms with van der Waals surface area (Å²) in [6.45, 7) is 2.99. The van der Waals surface area contributed by atoms with E-state index in [4.69, 9.17) is 4.74 Å². The van der Waals surface area contributed by atoms with Gasteiger partial charge in [0.15, 0.2) is 0 Å². The average Bonchev–Trinajstić information content (AvgIpc) is 2.85. The molecule has 2 aromatic rings. The first-order chi connectivity index (χ1) is 16.1. The van der Waals surface area contributed by atoms with Crippen LogP contribution >= 0.6 is 0 Å². The molecule has 0 spiro atoms. The Morgan fingerprint density at radius 2 is 1.74 bits per heavy atom. The summed E-state index contributed by atoms with van der Waals surface area (Å²) in [7, 11) is -4.16. The maximum atomic E-state index is 13.0. The second kappa shape index (κ2) is 9.93. The fourth-order valence-electron chi connectivity index (χ4n) is 4.18. The van der Waals surface area contributed by atoms with Crippen molar-refractivity contribution in [2.45, 2.75) is 23.9 Å². The number of halogens is 3. The summed E-state index contributed by atoms with van der Waals surface area (Å²) in [6, 6.07) is 11.1. The Hall–Kier alpha value is -2.63. The highest BCUT2D eigenvalue weighted by Crippen LogP contribution is 2.32. The van der Waals surface area contributed by atoms with E-state index in [-0.39, 0.29) is 19.0 Å². The minimum atomic E-state index is -4.65. The maximum absolute atomic E-state index is 13.0. The largest absolute Gasteiger partial charge is 0.416 e. The van der Waals surface area contributed by atoms with E-state index in [1.807, 2.05) is 12.1 Å². The SMILES string of the molecule is O=C(Nc1ccc(N2CCOCC2)cc1)[C@@H]1CCCN(S(=O)(=O)c2cccc(C(F)(F)F)c2)C1. The number of piperidine rings is 1. The Labute approximate surface area is 196 Å². The van der Waals surface area contributed by atoms with E-state index in [1.165, 1.54) is 0 Å². The molecule has 1 N–H and O–H groups in total. The molecule has 2 saturated heterocycles. The van der Waals surface area contributed by atoms with Gasteiger partial charge in [-0.15, -0.1) is 0 Å². The van der Waals surface area contributed by atoms with E-state index in [0.717, 1.165) is 41.3 Å². The molecule has 4 rings (SSSR count). The van der Waals surface area contributed by atoms with E-state index in [1.54, 1.807) is 12.1 Å². The smallest absolute Gasteiger partial charge is 0.378 e. The molecule has 34 heavy (non-hydrogen) atoms. The number of alkyl halides is 3. The van der Waals surface area contributed by atoms with Gasteiger partial charge in [-0.25, -0.2) is 8.42 Å². The first-order valence-electron chi connectivity index (χ1n) is 11.1. The number of anilines is 2. The molecule has 2 heterocycles. The molecule has 2 fully saturated rings. The minimum absolute atomic E-state index is 0.0870. The number of morpholine rings is 1. The van der Waals surface area contributed by atoms with Crippen LogP contribution in [0, 0.1) is 5.92 Å². The van der Waals surface area contributed by atoms with Crippen molar-refractivity contribution in [3.05, 3.63) is 54.1 Å². The fourth-order valence-corrected chi connectivity index (χ4v) is 5.75. The topological polar surface area (TPSA) is 79.0 Å². The molecule has 0 bridgehead atoms. The lowest BCUT2D eigenvalue weighted by Crippen LogP contribution is -2.43. The van der Waals surface area contributed by atoms with Crippen LogP contribution in [0.15, 0.2) is 53.4 Å². The number of benzene rings is 2. The average molecular weight is 498 g/mol. The molecule has 0 saturated carbocycles. The van der Waals surface area contributed by atoms with Gasteiger partial charge < -0.3 is 15.0 Å². The van der Waals surface area contributed by atoms with Crippen molar-refractivity contribution in [2.75, 3.05) is 49.6 Å². The van der Waals surface area contributed by atoms with Gasteiger partial charge >= 0.3 is 6.18 Å². The first-order valence-corrected chi connectivity index (χ1v) is 12.5. The summed E-state index contributed by atoms with van der Waals surface area (Å²) in [5.41, 5.74) is 0.595. The lowest BCUT2D eigenvalue weighted by Gasteiger charge is -2.31. The summed E-state index contributed by atoms with van der Waals surface area (Å²) >= 11 is 0.